The molecule has 0 saturated heterocycles. The topological polar surface area (TPSA) is 62.2 Å². The molecule has 24 heavy (non-hydrogen) atoms. The summed E-state index contributed by atoms with van der Waals surface area (Å²) in [5, 5.41) is 10.7. The number of hydrogen-bond donors (Lipinski definition) is 2. The number of rotatable bonds is 6. The van der Waals surface area contributed by atoms with Gasteiger partial charge in [-0.2, -0.15) is 5.10 Å². The number of urea groups is 1. The van der Waals surface area contributed by atoms with Crippen molar-refractivity contribution in [2.75, 3.05) is 20.6 Å². The number of halogens is 1. The van der Waals surface area contributed by atoms with E-state index in [1.165, 1.54) is 0 Å². The van der Waals surface area contributed by atoms with Gasteiger partial charge >= 0.3 is 6.03 Å². The van der Waals surface area contributed by atoms with Crippen molar-refractivity contribution in [3.63, 3.8) is 0 Å². The van der Waals surface area contributed by atoms with Gasteiger partial charge in [0.05, 0.1) is 18.3 Å². The van der Waals surface area contributed by atoms with Crippen molar-refractivity contribution in [1.29, 1.82) is 0 Å². The average Bonchev–Trinajstić information content (AvgIpc) is 2.93. The van der Waals surface area contributed by atoms with Crippen LogP contribution in [0, 0.1) is 0 Å². The van der Waals surface area contributed by atoms with E-state index in [1.54, 1.807) is 4.68 Å². The molecule has 0 fully saturated rings. The van der Waals surface area contributed by atoms with Gasteiger partial charge in [0.2, 0.25) is 0 Å². The summed E-state index contributed by atoms with van der Waals surface area (Å²) in [6.07, 6.45) is 3.78. The summed E-state index contributed by atoms with van der Waals surface area (Å²) in [4.78, 5) is 14.2. The molecule has 2 amide bonds. The third-order valence-electron chi connectivity index (χ3n) is 3.89. The molecule has 0 saturated carbocycles. The van der Waals surface area contributed by atoms with Gasteiger partial charge in [0, 0.05) is 30.4 Å². The van der Waals surface area contributed by atoms with Crippen molar-refractivity contribution >= 4 is 17.6 Å². The average molecular weight is 350 g/mol. The number of carbonyl (C=O) groups is 1. The normalized spacial score (nSPS) is 13.6. The second-order valence-electron chi connectivity index (χ2n) is 6.06. The van der Waals surface area contributed by atoms with Gasteiger partial charge in [0.25, 0.3) is 0 Å². The van der Waals surface area contributed by atoms with Crippen LogP contribution in [0.4, 0.5) is 4.79 Å². The fourth-order valence-electron chi connectivity index (χ4n) is 2.51. The largest absolute Gasteiger partial charge is 0.336 e. The molecule has 2 rings (SSSR count). The number of nitrogens with zero attached hydrogens (tertiary/aromatic N) is 3. The van der Waals surface area contributed by atoms with Crippen molar-refractivity contribution in [3.05, 3.63) is 52.8 Å². The van der Waals surface area contributed by atoms with Gasteiger partial charge in [-0.05, 0) is 38.7 Å². The molecular weight excluding hydrogens is 326 g/mol. The highest BCUT2D eigenvalue weighted by Gasteiger charge is 2.17. The molecule has 0 aliphatic rings. The minimum absolute atomic E-state index is 0.0610. The monoisotopic (exact) mass is 349 g/mol. The molecule has 0 spiro atoms. The molecule has 2 atom stereocenters. The first-order chi connectivity index (χ1) is 11.4. The van der Waals surface area contributed by atoms with Crippen LogP contribution in [0.5, 0.6) is 0 Å². The standard InChI is InChI=1S/C17H24ClN5O/c1-12(13-6-5-7-15(18)8-13)21-17(24)19-10-16(22(2)3)14-9-20-23(4)11-14/h5-9,11-12,16H,10H2,1-4H3,(H2,19,21,24)/t12-,16-/m0/s1. The molecule has 0 bridgehead atoms. The molecule has 0 unspecified atom stereocenters. The summed E-state index contributed by atoms with van der Waals surface area (Å²) in [6, 6.07) is 7.20. The Labute approximate surface area is 147 Å². The van der Waals surface area contributed by atoms with Crippen LogP contribution in [-0.4, -0.2) is 41.4 Å². The first-order valence-electron chi connectivity index (χ1n) is 7.81. The van der Waals surface area contributed by atoms with E-state index in [0.29, 0.717) is 11.6 Å². The number of aromatic nitrogens is 2. The van der Waals surface area contributed by atoms with E-state index < -0.39 is 0 Å². The van der Waals surface area contributed by atoms with E-state index in [0.717, 1.165) is 11.1 Å². The Balaban J connectivity index is 1.91. The highest BCUT2D eigenvalue weighted by atomic mass is 35.5. The third-order valence-corrected chi connectivity index (χ3v) is 4.12. The molecule has 2 aromatic rings. The number of hydrogen-bond acceptors (Lipinski definition) is 3. The van der Waals surface area contributed by atoms with Gasteiger partial charge in [-0.3, -0.25) is 4.68 Å². The summed E-state index contributed by atoms with van der Waals surface area (Å²) < 4.78 is 1.76. The number of benzene rings is 1. The van der Waals surface area contributed by atoms with Crippen LogP contribution >= 0.6 is 11.6 Å². The Kier molecular flexibility index (Phi) is 6.23. The highest BCUT2D eigenvalue weighted by Crippen LogP contribution is 2.18. The van der Waals surface area contributed by atoms with Crippen LogP contribution in [0.1, 0.15) is 30.1 Å². The van der Waals surface area contributed by atoms with Gasteiger partial charge in [-0.1, -0.05) is 23.7 Å². The molecule has 2 N–H and O–H groups in total. The summed E-state index contributed by atoms with van der Waals surface area (Å²) in [6.45, 7) is 2.42. The predicted molar refractivity (Wildman–Crippen MR) is 96.0 cm³/mol. The van der Waals surface area contributed by atoms with Gasteiger partial charge in [-0.15, -0.1) is 0 Å². The molecule has 7 heteroatoms. The number of likely N-dealkylation sites (N-methyl/N-ethyl adjacent to an activating group) is 1. The molecule has 0 aliphatic heterocycles. The van der Waals surface area contributed by atoms with Crippen LogP contribution in [0.2, 0.25) is 5.02 Å². The number of amides is 2. The maximum absolute atomic E-state index is 12.2. The van der Waals surface area contributed by atoms with Crippen LogP contribution in [0.15, 0.2) is 36.7 Å². The Hall–Kier alpha value is -2.05. The van der Waals surface area contributed by atoms with Crippen LogP contribution in [0.25, 0.3) is 0 Å². The second-order valence-corrected chi connectivity index (χ2v) is 6.49. The van der Waals surface area contributed by atoms with E-state index in [-0.39, 0.29) is 18.1 Å². The quantitative estimate of drug-likeness (QED) is 0.843. The van der Waals surface area contributed by atoms with Gasteiger partial charge in [0.1, 0.15) is 0 Å². The van der Waals surface area contributed by atoms with Crippen molar-refractivity contribution in [2.45, 2.75) is 19.0 Å². The first kappa shape index (κ1) is 18.3. The fourth-order valence-corrected chi connectivity index (χ4v) is 2.71. The zero-order valence-corrected chi connectivity index (χ0v) is 15.2. The Morgan fingerprint density at radius 1 is 1.38 bits per heavy atom. The lowest BCUT2D eigenvalue weighted by Gasteiger charge is -2.24. The van der Waals surface area contributed by atoms with Crippen molar-refractivity contribution in [3.8, 4) is 0 Å². The third kappa shape index (κ3) is 4.97. The maximum Gasteiger partial charge on any atom is 0.315 e. The van der Waals surface area contributed by atoms with Gasteiger partial charge in [-0.25, -0.2) is 4.79 Å². The molecule has 1 aromatic heterocycles. The van der Waals surface area contributed by atoms with E-state index in [2.05, 4.69) is 20.6 Å². The summed E-state index contributed by atoms with van der Waals surface area (Å²) in [5.41, 5.74) is 2.03. The predicted octanol–water partition coefficient (Wildman–Crippen LogP) is 2.74. The summed E-state index contributed by atoms with van der Waals surface area (Å²) >= 11 is 5.99. The number of carbonyl (C=O) groups excluding carboxylic acids is 1. The lowest BCUT2D eigenvalue weighted by Crippen LogP contribution is -2.41. The van der Waals surface area contributed by atoms with E-state index in [4.69, 9.17) is 11.6 Å². The van der Waals surface area contributed by atoms with Crippen molar-refractivity contribution in [2.24, 2.45) is 7.05 Å². The van der Waals surface area contributed by atoms with E-state index in [1.807, 2.05) is 64.7 Å². The molecule has 6 nitrogen and oxygen atoms in total. The molecule has 1 heterocycles. The lowest BCUT2D eigenvalue weighted by molar-refractivity contribution is 0.230. The van der Waals surface area contributed by atoms with Crippen molar-refractivity contribution in [1.82, 2.24) is 25.3 Å². The SMILES string of the molecule is C[C@H](NC(=O)NC[C@@H](c1cnn(C)c1)N(C)C)c1cccc(Cl)c1. The Morgan fingerprint density at radius 2 is 2.12 bits per heavy atom. The van der Waals surface area contributed by atoms with Crippen LogP contribution in [0.3, 0.4) is 0 Å². The second kappa shape index (κ2) is 8.17. The number of aryl methyl sites for hydroxylation is 1. The van der Waals surface area contributed by atoms with Gasteiger partial charge in [0.15, 0.2) is 0 Å². The lowest BCUT2D eigenvalue weighted by atomic mass is 10.1. The van der Waals surface area contributed by atoms with Crippen molar-refractivity contribution < 1.29 is 4.79 Å². The van der Waals surface area contributed by atoms with Crippen LogP contribution < -0.4 is 10.6 Å². The van der Waals surface area contributed by atoms with E-state index >= 15 is 0 Å². The molecular formula is C17H24ClN5O. The molecule has 0 aliphatic carbocycles. The smallest absolute Gasteiger partial charge is 0.315 e. The maximum atomic E-state index is 12.2. The minimum atomic E-state index is -0.210. The van der Waals surface area contributed by atoms with E-state index in [9.17, 15) is 4.79 Å². The molecule has 130 valence electrons. The molecule has 1 aromatic carbocycles. The summed E-state index contributed by atoms with van der Waals surface area (Å²) in [5.74, 6) is 0. The molecule has 0 radical (unpaired) electrons. The highest BCUT2D eigenvalue weighted by molar-refractivity contribution is 6.30. The minimum Gasteiger partial charge on any atom is -0.336 e. The zero-order valence-electron chi connectivity index (χ0n) is 14.5. The zero-order chi connectivity index (χ0) is 17.7. The fraction of sp³-hybridized carbons (Fsp3) is 0.412. The summed E-state index contributed by atoms with van der Waals surface area (Å²) in [7, 11) is 5.83. The van der Waals surface area contributed by atoms with Crippen LogP contribution in [-0.2, 0) is 7.05 Å². The Morgan fingerprint density at radius 3 is 2.71 bits per heavy atom. The Bertz CT molecular complexity index is 685. The first-order valence-corrected chi connectivity index (χ1v) is 8.19. The van der Waals surface area contributed by atoms with Gasteiger partial charge < -0.3 is 15.5 Å². The number of nitrogens with one attached hydrogen (secondary N) is 2.